The summed E-state index contributed by atoms with van der Waals surface area (Å²) in [5, 5.41) is 64.4. The molecule has 8 N–H and O–H groups in total. The van der Waals surface area contributed by atoms with E-state index in [2.05, 4.69) is 0 Å². The van der Waals surface area contributed by atoms with Gasteiger partial charge in [0.25, 0.3) is 0 Å². The molecule has 0 spiro atoms. The van der Waals surface area contributed by atoms with Crippen LogP contribution in [0.3, 0.4) is 0 Å². The lowest BCUT2D eigenvalue weighted by molar-refractivity contribution is -0.147. The number of rotatable bonds is 21. The fraction of sp³-hybridized carbons (Fsp3) is 0.615. The normalized spacial score (nSPS) is 9.52. The second-order valence-electron chi connectivity index (χ2n) is 8.44. The predicted octanol–water partition coefficient (Wildman–Crippen LogP) is 3.42. The first kappa shape index (κ1) is 44.5. The molecule has 0 aromatic heterocycles. The number of aliphatic carboxylic acids is 8. The van der Waals surface area contributed by atoms with E-state index in [1.54, 1.807) is 0 Å². The van der Waals surface area contributed by atoms with Gasteiger partial charge in [-0.15, -0.1) is 0 Å². The van der Waals surface area contributed by atoms with E-state index in [0.717, 1.165) is 57.8 Å². The first-order chi connectivity index (χ1) is 19.5. The lowest BCUT2D eigenvalue weighted by Gasteiger charge is -1.98. The van der Waals surface area contributed by atoms with Crippen LogP contribution in [0.15, 0.2) is 12.2 Å². The molecule has 0 saturated heterocycles. The van der Waals surface area contributed by atoms with E-state index in [0.29, 0.717) is 25.0 Å². The molecular formula is C26H42O16. The van der Waals surface area contributed by atoms with Gasteiger partial charge in [-0.2, -0.15) is 0 Å². The average Bonchev–Trinajstić information content (AvgIpc) is 2.83. The first-order valence-corrected chi connectivity index (χ1v) is 13.0. The van der Waals surface area contributed by atoms with Crippen molar-refractivity contribution in [3.05, 3.63) is 12.2 Å². The van der Waals surface area contributed by atoms with Gasteiger partial charge in [0.15, 0.2) is 0 Å². The minimum Gasteiger partial charge on any atom is -0.481 e. The number of unbranched alkanes of at least 4 members (excludes halogenated alkanes) is 9. The Morgan fingerprint density at radius 1 is 0.310 bits per heavy atom. The van der Waals surface area contributed by atoms with Crippen LogP contribution in [0.5, 0.6) is 0 Å². The maximum absolute atomic E-state index is 10.1. The fourth-order valence-electron chi connectivity index (χ4n) is 2.61. The SMILES string of the molecule is O=C(O)/C=C\C(=O)O.O=C(O)CC(=O)O.O=C(O)CCCCCCCC(=O)O.O=C(O)CCCCCCCCC(=O)O. The Morgan fingerprint density at radius 3 is 0.619 bits per heavy atom. The second-order valence-corrected chi connectivity index (χ2v) is 8.44. The summed E-state index contributed by atoms with van der Waals surface area (Å²) < 4.78 is 0. The van der Waals surface area contributed by atoms with Crippen molar-refractivity contribution in [1.29, 1.82) is 0 Å². The van der Waals surface area contributed by atoms with Gasteiger partial charge in [0.2, 0.25) is 0 Å². The van der Waals surface area contributed by atoms with Gasteiger partial charge >= 0.3 is 47.8 Å². The molecule has 16 heteroatoms. The molecular weight excluding hydrogens is 568 g/mol. The van der Waals surface area contributed by atoms with Crippen LogP contribution in [-0.4, -0.2) is 88.6 Å². The summed E-state index contributed by atoms with van der Waals surface area (Å²) in [5.74, 6) is -8.14. The molecule has 0 aliphatic heterocycles. The smallest absolute Gasteiger partial charge is 0.328 e. The number of carboxylic acid groups (broad SMARTS) is 8. The zero-order valence-electron chi connectivity index (χ0n) is 23.3. The monoisotopic (exact) mass is 610 g/mol. The fourth-order valence-corrected chi connectivity index (χ4v) is 2.61. The summed E-state index contributed by atoms with van der Waals surface area (Å²) in [6.07, 6.45) is 10.7. The molecule has 0 bridgehead atoms. The van der Waals surface area contributed by atoms with Crippen molar-refractivity contribution in [3.63, 3.8) is 0 Å². The van der Waals surface area contributed by atoms with Crippen LogP contribution in [0.1, 0.15) is 103 Å². The molecule has 42 heavy (non-hydrogen) atoms. The molecule has 0 aromatic carbocycles. The maximum atomic E-state index is 10.1. The molecule has 0 atom stereocenters. The van der Waals surface area contributed by atoms with Crippen molar-refractivity contribution in [2.24, 2.45) is 0 Å². The summed E-state index contributed by atoms with van der Waals surface area (Å²) in [6.45, 7) is 0. The molecule has 0 heterocycles. The molecule has 0 saturated carbocycles. The van der Waals surface area contributed by atoms with Crippen molar-refractivity contribution >= 4 is 47.8 Å². The van der Waals surface area contributed by atoms with Crippen LogP contribution in [0, 0.1) is 0 Å². The Balaban J connectivity index is -0.000000239. The standard InChI is InChI=1S/C10H18O4.C9H16O4.C4H4O4.C3H4O4/c11-9(12)7-5-3-1-2-4-6-8-10(13)14;10-8(11)6-4-2-1-3-5-7-9(12)13;5-3(6)1-2-4(7)8;4-2(5)1-3(6)7/h1-8H2,(H,11,12)(H,13,14);1-7H2,(H,10,11)(H,12,13);1-2H,(H,5,6)(H,7,8);1H2,(H,4,5)(H,6,7)/b;;2-1-;. The molecule has 16 nitrogen and oxygen atoms in total. The van der Waals surface area contributed by atoms with Gasteiger partial charge in [-0.1, -0.05) is 44.9 Å². The number of hydrogen-bond acceptors (Lipinski definition) is 8. The number of carbonyl (C=O) groups is 8. The van der Waals surface area contributed by atoms with E-state index in [-0.39, 0.29) is 25.7 Å². The van der Waals surface area contributed by atoms with Crippen LogP contribution in [0.25, 0.3) is 0 Å². The van der Waals surface area contributed by atoms with Crippen molar-refractivity contribution in [3.8, 4) is 0 Å². The summed E-state index contributed by atoms with van der Waals surface area (Å²) in [6, 6.07) is 0. The zero-order chi connectivity index (χ0) is 33.3. The Morgan fingerprint density at radius 2 is 0.500 bits per heavy atom. The van der Waals surface area contributed by atoms with Gasteiger partial charge in [-0.25, -0.2) is 9.59 Å². The van der Waals surface area contributed by atoms with Crippen LogP contribution in [0.4, 0.5) is 0 Å². The predicted molar refractivity (Wildman–Crippen MR) is 144 cm³/mol. The molecule has 0 amide bonds. The lowest BCUT2D eigenvalue weighted by atomic mass is 10.1. The summed E-state index contributed by atoms with van der Waals surface area (Å²) in [4.78, 5) is 78.5. The van der Waals surface area contributed by atoms with Crippen LogP contribution in [-0.2, 0) is 38.4 Å². The summed E-state index contributed by atoms with van der Waals surface area (Å²) >= 11 is 0. The summed E-state index contributed by atoms with van der Waals surface area (Å²) in [7, 11) is 0. The topological polar surface area (TPSA) is 298 Å². The molecule has 0 radical (unpaired) electrons. The van der Waals surface area contributed by atoms with Crippen molar-refractivity contribution in [1.82, 2.24) is 0 Å². The maximum Gasteiger partial charge on any atom is 0.328 e. The first-order valence-electron chi connectivity index (χ1n) is 13.0. The Hall–Kier alpha value is -4.50. The van der Waals surface area contributed by atoms with Gasteiger partial charge < -0.3 is 40.9 Å². The van der Waals surface area contributed by atoms with Gasteiger partial charge in [-0.3, -0.25) is 28.8 Å². The lowest BCUT2D eigenvalue weighted by Crippen LogP contribution is -2.03. The minimum atomic E-state index is -1.31. The Bertz CT molecular complexity index is 781. The molecule has 0 rings (SSSR count). The van der Waals surface area contributed by atoms with Crippen molar-refractivity contribution in [2.75, 3.05) is 0 Å². The van der Waals surface area contributed by atoms with Gasteiger partial charge in [0.1, 0.15) is 6.42 Å². The van der Waals surface area contributed by atoms with E-state index in [1.165, 1.54) is 0 Å². The average molecular weight is 611 g/mol. The van der Waals surface area contributed by atoms with Crippen LogP contribution >= 0.6 is 0 Å². The molecule has 0 aliphatic rings. The number of carboxylic acids is 8. The Labute approximate surface area is 242 Å². The highest BCUT2D eigenvalue weighted by molar-refractivity contribution is 5.89. The highest BCUT2D eigenvalue weighted by atomic mass is 16.4. The molecule has 242 valence electrons. The quantitative estimate of drug-likeness (QED) is 0.0524. The molecule has 0 aliphatic carbocycles. The second kappa shape index (κ2) is 32.7. The van der Waals surface area contributed by atoms with E-state index in [9.17, 15) is 38.4 Å². The van der Waals surface area contributed by atoms with Gasteiger partial charge in [0.05, 0.1) is 0 Å². The highest BCUT2D eigenvalue weighted by Crippen LogP contribution is 2.08. The third kappa shape index (κ3) is 65.0. The zero-order valence-corrected chi connectivity index (χ0v) is 23.3. The van der Waals surface area contributed by atoms with Gasteiger partial charge in [0, 0.05) is 37.8 Å². The highest BCUT2D eigenvalue weighted by Gasteiger charge is 2.02. The van der Waals surface area contributed by atoms with E-state index in [1.807, 2.05) is 0 Å². The van der Waals surface area contributed by atoms with Gasteiger partial charge in [-0.05, 0) is 25.7 Å². The van der Waals surface area contributed by atoms with E-state index < -0.39 is 54.2 Å². The molecule has 0 fully saturated rings. The van der Waals surface area contributed by atoms with E-state index in [4.69, 9.17) is 40.9 Å². The van der Waals surface area contributed by atoms with E-state index >= 15 is 0 Å². The largest absolute Gasteiger partial charge is 0.481 e. The van der Waals surface area contributed by atoms with Crippen molar-refractivity contribution in [2.45, 2.75) is 103 Å². The van der Waals surface area contributed by atoms with Crippen LogP contribution < -0.4 is 0 Å². The molecule has 0 aromatic rings. The number of hydrogen-bond donors (Lipinski definition) is 8. The molecule has 0 unspecified atom stereocenters. The van der Waals surface area contributed by atoms with Crippen LogP contribution in [0.2, 0.25) is 0 Å². The third-order valence-electron chi connectivity index (χ3n) is 4.48. The third-order valence-corrected chi connectivity index (χ3v) is 4.48. The summed E-state index contributed by atoms with van der Waals surface area (Å²) in [5.41, 5.74) is 0. The Kier molecular flexibility index (Phi) is 34.7. The minimum absolute atomic E-state index is 0.221. The van der Waals surface area contributed by atoms with Crippen molar-refractivity contribution < 1.29 is 79.2 Å².